The molecule has 1 amide bonds. The zero-order valence-corrected chi connectivity index (χ0v) is 15.9. The fraction of sp³-hybridized carbons (Fsp3) is 0.125. The van der Waals surface area contributed by atoms with Crippen LogP contribution in [0.15, 0.2) is 41.3 Å². The van der Waals surface area contributed by atoms with Gasteiger partial charge in [0.2, 0.25) is 10.0 Å². The largest absolute Gasteiger partial charge is 0.452 e. The van der Waals surface area contributed by atoms with Crippen molar-refractivity contribution in [2.75, 3.05) is 11.9 Å². The Bertz CT molecular complexity index is 1070. The number of carbonyl (C=O) groups is 2. The van der Waals surface area contributed by atoms with Gasteiger partial charge < -0.3 is 10.1 Å². The van der Waals surface area contributed by atoms with Crippen molar-refractivity contribution in [3.63, 3.8) is 0 Å². The lowest BCUT2D eigenvalue weighted by Crippen LogP contribution is -2.22. The molecule has 0 aliphatic rings. The van der Waals surface area contributed by atoms with Gasteiger partial charge in [0.25, 0.3) is 11.6 Å². The molecule has 2 aromatic carbocycles. The molecule has 0 aliphatic heterocycles. The molecule has 12 heteroatoms. The number of rotatable bonds is 6. The summed E-state index contributed by atoms with van der Waals surface area (Å²) in [5.41, 5.74) is -0.227. The Morgan fingerprint density at radius 1 is 1.25 bits per heavy atom. The van der Waals surface area contributed by atoms with E-state index in [1.54, 1.807) is 6.92 Å². The van der Waals surface area contributed by atoms with E-state index in [0.717, 1.165) is 12.1 Å². The summed E-state index contributed by atoms with van der Waals surface area (Å²) >= 11 is 5.69. The number of hydrogen-bond donors (Lipinski definition) is 2. The van der Waals surface area contributed by atoms with Gasteiger partial charge >= 0.3 is 5.97 Å². The summed E-state index contributed by atoms with van der Waals surface area (Å²) in [6.45, 7) is 0.790. The molecule has 0 atom stereocenters. The van der Waals surface area contributed by atoms with Gasteiger partial charge in [0, 0.05) is 11.1 Å². The van der Waals surface area contributed by atoms with Gasteiger partial charge in [0.15, 0.2) is 6.61 Å². The van der Waals surface area contributed by atoms with Gasteiger partial charge in [-0.1, -0.05) is 17.7 Å². The lowest BCUT2D eigenvalue weighted by Gasteiger charge is -2.09. The van der Waals surface area contributed by atoms with Gasteiger partial charge in [0.1, 0.15) is 5.69 Å². The second-order valence-electron chi connectivity index (χ2n) is 5.56. The number of ether oxygens (including phenoxy) is 1. The predicted octanol–water partition coefficient (Wildman–Crippen LogP) is 2.00. The quantitative estimate of drug-likeness (QED) is 0.405. The number of esters is 1. The Balaban J connectivity index is 2.10. The van der Waals surface area contributed by atoms with E-state index in [4.69, 9.17) is 21.5 Å². The summed E-state index contributed by atoms with van der Waals surface area (Å²) in [4.78, 5) is 34.1. The monoisotopic (exact) mass is 427 g/mol. The first-order chi connectivity index (χ1) is 13.0. The number of nitro groups is 1. The van der Waals surface area contributed by atoms with Gasteiger partial charge in [-0.3, -0.25) is 14.9 Å². The third-order valence-corrected chi connectivity index (χ3v) is 4.67. The van der Waals surface area contributed by atoms with Crippen LogP contribution in [0.2, 0.25) is 5.02 Å². The molecule has 2 rings (SSSR count). The van der Waals surface area contributed by atoms with Crippen LogP contribution in [-0.4, -0.2) is 31.8 Å². The Labute approximate surface area is 164 Å². The number of nitrogens with zero attached hydrogens (tertiary/aromatic N) is 1. The average Bonchev–Trinajstić information content (AvgIpc) is 2.60. The molecule has 0 fully saturated rings. The highest BCUT2D eigenvalue weighted by Crippen LogP contribution is 2.27. The first-order valence-corrected chi connectivity index (χ1v) is 9.46. The van der Waals surface area contributed by atoms with Crippen LogP contribution >= 0.6 is 11.6 Å². The number of primary sulfonamides is 1. The summed E-state index contributed by atoms with van der Waals surface area (Å²) < 4.78 is 27.6. The van der Waals surface area contributed by atoms with Crippen molar-refractivity contribution in [1.82, 2.24) is 0 Å². The number of nitrogens with two attached hydrogens (primary N) is 1. The number of hydrogen-bond acceptors (Lipinski definition) is 7. The van der Waals surface area contributed by atoms with Crippen LogP contribution in [-0.2, 0) is 19.6 Å². The normalized spacial score (nSPS) is 11.0. The van der Waals surface area contributed by atoms with Crippen molar-refractivity contribution in [2.24, 2.45) is 5.14 Å². The standard InChI is InChI=1S/C16H14ClN3O7S/c1-9-2-4-11(28(18,25)26)7-12(9)16(22)27-8-15(21)19-13-5-3-10(17)6-14(13)20(23)24/h2-7H,8H2,1H3,(H,19,21)(H2,18,25,26). The molecule has 0 bridgehead atoms. The van der Waals surface area contributed by atoms with Crippen molar-refractivity contribution in [3.05, 3.63) is 62.7 Å². The lowest BCUT2D eigenvalue weighted by atomic mass is 10.1. The number of halogens is 1. The van der Waals surface area contributed by atoms with Crippen molar-refractivity contribution < 1.29 is 27.7 Å². The van der Waals surface area contributed by atoms with Crippen LogP contribution in [0.4, 0.5) is 11.4 Å². The molecule has 0 saturated heterocycles. The lowest BCUT2D eigenvalue weighted by molar-refractivity contribution is -0.383. The Morgan fingerprint density at radius 2 is 1.93 bits per heavy atom. The summed E-state index contributed by atoms with van der Waals surface area (Å²) in [5.74, 6) is -1.79. The van der Waals surface area contributed by atoms with E-state index in [1.807, 2.05) is 0 Å². The van der Waals surface area contributed by atoms with Crippen molar-refractivity contribution in [1.29, 1.82) is 0 Å². The van der Waals surface area contributed by atoms with Crippen LogP contribution < -0.4 is 10.5 Å². The average molecular weight is 428 g/mol. The van der Waals surface area contributed by atoms with E-state index in [0.29, 0.717) is 5.56 Å². The fourth-order valence-corrected chi connectivity index (χ4v) is 2.86. The number of sulfonamides is 1. The van der Waals surface area contributed by atoms with E-state index >= 15 is 0 Å². The summed E-state index contributed by atoms with van der Waals surface area (Å²) in [7, 11) is -4.03. The van der Waals surface area contributed by atoms with Gasteiger partial charge in [-0.05, 0) is 36.8 Å². The molecular formula is C16H14ClN3O7S. The van der Waals surface area contributed by atoms with Crippen molar-refractivity contribution in [3.8, 4) is 0 Å². The minimum absolute atomic E-state index is 0.0863. The van der Waals surface area contributed by atoms with E-state index in [2.05, 4.69) is 5.32 Å². The number of carbonyl (C=O) groups excluding carboxylic acids is 2. The van der Waals surface area contributed by atoms with Gasteiger partial charge in [0.05, 0.1) is 15.4 Å². The molecule has 28 heavy (non-hydrogen) atoms. The maximum atomic E-state index is 12.2. The van der Waals surface area contributed by atoms with Crippen LogP contribution in [0.5, 0.6) is 0 Å². The smallest absolute Gasteiger partial charge is 0.338 e. The Morgan fingerprint density at radius 3 is 2.54 bits per heavy atom. The summed E-state index contributed by atoms with van der Waals surface area (Å²) in [6.07, 6.45) is 0. The molecule has 0 aliphatic carbocycles. The molecule has 2 aromatic rings. The summed E-state index contributed by atoms with van der Waals surface area (Å²) in [5, 5.41) is 18.4. The van der Waals surface area contributed by atoms with Gasteiger partial charge in [-0.2, -0.15) is 0 Å². The van der Waals surface area contributed by atoms with Crippen molar-refractivity contribution >= 4 is 44.9 Å². The third kappa shape index (κ3) is 5.25. The van der Waals surface area contributed by atoms with Crippen molar-refractivity contribution in [2.45, 2.75) is 11.8 Å². The maximum Gasteiger partial charge on any atom is 0.338 e. The molecule has 0 unspecified atom stereocenters. The van der Waals surface area contributed by atoms with Gasteiger partial charge in [-0.15, -0.1) is 0 Å². The second kappa shape index (κ2) is 8.33. The van der Waals surface area contributed by atoms with E-state index < -0.39 is 39.1 Å². The first-order valence-electron chi connectivity index (χ1n) is 7.53. The Hall–Kier alpha value is -3.02. The number of anilines is 1. The van der Waals surface area contributed by atoms with E-state index in [1.165, 1.54) is 24.3 Å². The zero-order chi connectivity index (χ0) is 21.1. The molecule has 148 valence electrons. The molecule has 0 aromatic heterocycles. The molecule has 0 heterocycles. The van der Waals surface area contributed by atoms with E-state index in [-0.39, 0.29) is 21.2 Å². The summed E-state index contributed by atoms with van der Waals surface area (Å²) in [6, 6.07) is 7.28. The highest BCUT2D eigenvalue weighted by Gasteiger charge is 2.19. The molecule has 10 nitrogen and oxygen atoms in total. The molecule has 3 N–H and O–H groups in total. The third-order valence-electron chi connectivity index (χ3n) is 3.52. The van der Waals surface area contributed by atoms with Crippen LogP contribution in [0.25, 0.3) is 0 Å². The first kappa shape index (κ1) is 21.3. The fourth-order valence-electron chi connectivity index (χ4n) is 2.15. The number of aryl methyl sites for hydroxylation is 1. The Kier molecular flexibility index (Phi) is 6.33. The minimum atomic E-state index is -4.03. The molecular weight excluding hydrogens is 414 g/mol. The van der Waals surface area contributed by atoms with E-state index in [9.17, 15) is 28.1 Å². The van der Waals surface area contributed by atoms with Crippen LogP contribution in [0.3, 0.4) is 0 Å². The molecule has 0 radical (unpaired) electrons. The second-order valence-corrected chi connectivity index (χ2v) is 7.56. The molecule has 0 saturated carbocycles. The topological polar surface area (TPSA) is 159 Å². The number of amides is 1. The van der Waals surface area contributed by atoms with Crippen LogP contribution in [0.1, 0.15) is 15.9 Å². The minimum Gasteiger partial charge on any atom is -0.452 e. The predicted molar refractivity (Wildman–Crippen MR) is 99.6 cm³/mol. The number of nitro benzene ring substituents is 1. The SMILES string of the molecule is Cc1ccc(S(N)(=O)=O)cc1C(=O)OCC(=O)Nc1ccc(Cl)cc1[N+](=O)[O-]. The number of benzene rings is 2. The van der Waals surface area contributed by atoms with Gasteiger partial charge in [-0.25, -0.2) is 18.4 Å². The maximum absolute atomic E-state index is 12.2. The highest BCUT2D eigenvalue weighted by molar-refractivity contribution is 7.89. The van der Waals surface area contributed by atoms with Crippen LogP contribution in [0, 0.1) is 17.0 Å². The number of nitrogens with one attached hydrogen (secondary N) is 1. The highest BCUT2D eigenvalue weighted by atomic mass is 35.5. The molecule has 0 spiro atoms. The zero-order valence-electron chi connectivity index (χ0n) is 14.3.